The number of halogens is 2. The van der Waals surface area contributed by atoms with E-state index in [2.05, 4.69) is 15.9 Å². The Balaban J connectivity index is 1.37. The Labute approximate surface area is 297 Å². The minimum atomic E-state index is -1.37. The van der Waals surface area contributed by atoms with Gasteiger partial charge in [0.2, 0.25) is 23.6 Å². The minimum Gasteiger partial charge on any atom is -0.507 e. The van der Waals surface area contributed by atoms with Crippen LogP contribution in [0.25, 0.3) is 0 Å². The molecule has 4 aliphatic rings. The number of aromatic hydroxyl groups is 1. The zero-order chi connectivity index (χ0) is 34.4. The van der Waals surface area contributed by atoms with E-state index in [1.54, 1.807) is 48.5 Å². The molecule has 8 rings (SSSR count). The Kier molecular flexibility index (Phi) is 7.46. The summed E-state index contributed by atoms with van der Waals surface area (Å²) < 4.78 is 0.831. The van der Waals surface area contributed by atoms with Crippen molar-refractivity contribution in [2.24, 2.45) is 23.7 Å². The predicted molar refractivity (Wildman–Crippen MR) is 190 cm³/mol. The number of nitrogens with zero attached hydrogens (tertiary/aromatic N) is 2. The van der Waals surface area contributed by atoms with E-state index in [9.17, 15) is 19.5 Å². The maximum absolute atomic E-state index is 15.3. The number of aryl methyl sites for hydroxylation is 2. The molecule has 0 unspecified atom stereocenters. The van der Waals surface area contributed by atoms with Crippen LogP contribution in [0.4, 0.5) is 11.4 Å². The summed E-state index contributed by atoms with van der Waals surface area (Å²) in [5, 5.41) is 11.2. The standard InChI is InChI=1S/C40H32BrClN2O5/c1-21-17-23(18-22(2)35(21)45)34-29-15-16-30-33(38(48)43(36(30)46)27-13-11-25(41)12-14-27)31(29)20-32-37(47)44(28-10-6-9-26(42)19-28)39(49)40(32,34)24-7-4-3-5-8-24/h3-15,17-19,30-34,45H,16,20H2,1-2H3/t30-,31+,32-,33-,34-,40+/m0/s1. The van der Waals surface area contributed by atoms with E-state index in [0.717, 1.165) is 15.6 Å². The van der Waals surface area contributed by atoms with Gasteiger partial charge in [-0.3, -0.25) is 24.1 Å². The second kappa shape index (κ2) is 11.5. The van der Waals surface area contributed by atoms with E-state index in [-0.39, 0.29) is 35.8 Å². The van der Waals surface area contributed by atoms with Crippen LogP contribution in [0.5, 0.6) is 5.75 Å². The van der Waals surface area contributed by atoms with E-state index in [4.69, 9.17) is 11.6 Å². The molecule has 4 aromatic carbocycles. The number of carbonyl (C=O) groups excluding carboxylic acids is 4. The number of anilines is 2. The number of hydrogen-bond acceptors (Lipinski definition) is 5. The number of benzene rings is 4. The molecule has 6 atom stereocenters. The summed E-state index contributed by atoms with van der Waals surface area (Å²) in [7, 11) is 0. The maximum Gasteiger partial charge on any atom is 0.246 e. The molecular weight excluding hydrogens is 704 g/mol. The molecule has 49 heavy (non-hydrogen) atoms. The van der Waals surface area contributed by atoms with Crippen molar-refractivity contribution in [2.75, 3.05) is 9.80 Å². The van der Waals surface area contributed by atoms with Crippen LogP contribution in [0, 0.1) is 37.5 Å². The molecule has 7 nitrogen and oxygen atoms in total. The molecule has 4 amide bonds. The second-order valence-corrected chi connectivity index (χ2v) is 14.9. The lowest BCUT2D eigenvalue weighted by atomic mass is 9.49. The SMILES string of the molecule is Cc1cc([C@H]2C3=CC[C@@H]4C(=O)N(c5ccc(Br)cc5)C(=O)[C@@H]4[C@@H]3C[C@H]3C(=O)N(c4cccc(Cl)c4)C(=O)[C@@]23c2ccccc2)cc(C)c1O. The molecular formula is C40H32BrClN2O5. The first-order valence-corrected chi connectivity index (χ1v) is 17.5. The van der Waals surface area contributed by atoms with Crippen molar-refractivity contribution in [1.29, 1.82) is 0 Å². The number of rotatable bonds is 4. The van der Waals surface area contributed by atoms with Crippen LogP contribution < -0.4 is 9.80 Å². The van der Waals surface area contributed by atoms with Crippen LogP contribution in [0.15, 0.2) is 107 Å². The Morgan fingerprint density at radius 3 is 2.14 bits per heavy atom. The maximum atomic E-state index is 15.3. The van der Waals surface area contributed by atoms with Crippen molar-refractivity contribution in [3.8, 4) is 5.75 Å². The zero-order valence-corrected chi connectivity index (χ0v) is 29.1. The summed E-state index contributed by atoms with van der Waals surface area (Å²) in [6, 6.07) is 27.0. The first kappa shape index (κ1) is 31.7. The molecule has 9 heteroatoms. The minimum absolute atomic E-state index is 0.162. The number of imide groups is 2. The molecule has 3 fully saturated rings. The topological polar surface area (TPSA) is 95.0 Å². The highest BCUT2D eigenvalue weighted by atomic mass is 79.9. The highest BCUT2D eigenvalue weighted by molar-refractivity contribution is 9.10. The van der Waals surface area contributed by atoms with E-state index < -0.39 is 35.0 Å². The Morgan fingerprint density at radius 1 is 0.776 bits per heavy atom. The van der Waals surface area contributed by atoms with E-state index in [1.165, 1.54) is 9.80 Å². The zero-order valence-electron chi connectivity index (χ0n) is 26.8. The molecule has 2 aliphatic heterocycles. The van der Waals surface area contributed by atoms with Gasteiger partial charge in [0.25, 0.3) is 0 Å². The summed E-state index contributed by atoms with van der Waals surface area (Å²) in [5.74, 6) is -4.40. The lowest BCUT2D eigenvalue weighted by Gasteiger charge is -2.51. The Hall–Kier alpha value is -4.53. The third-order valence-corrected chi connectivity index (χ3v) is 11.9. The fourth-order valence-corrected chi connectivity index (χ4v) is 9.57. The number of phenols is 1. The number of phenolic OH excluding ortho intramolecular Hbond substituents is 1. The summed E-state index contributed by atoms with van der Waals surface area (Å²) in [4.78, 5) is 61.2. The van der Waals surface area contributed by atoms with Gasteiger partial charge in [-0.25, -0.2) is 4.90 Å². The highest BCUT2D eigenvalue weighted by Gasteiger charge is 2.70. The predicted octanol–water partition coefficient (Wildman–Crippen LogP) is 7.79. The molecule has 0 radical (unpaired) electrons. The van der Waals surface area contributed by atoms with Crippen molar-refractivity contribution in [3.05, 3.63) is 134 Å². The van der Waals surface area contributed by atoms with Gasteiger partial charge in [-0.1, -0.05) is 87.7 Å². The normalized spacial score (nSPS) is 27.6. The summed E-state index contributed by atoms with van der Waals surface area (Å²) in [6.45, 7) is 3.64. The molecule has 1 N–H and O–H groups in total. The van der Waals surface area contributed by atoms with Gasteiger partial charge in [-0.05, 0) is 97.3 Å². The van der Waals surface area contributed by atoms with Crippen LogP contribution in [0.3, 0.4) is 0 Å². The van der Waals surface area contributed by atoms with Crippen LogP contribution in [-0.4, -0.2) is 28.7 Å². The average molecular weight is 736 g/mol. The molecule has 1 saturated carbocycles. The fraction of sp³-hybridized carbons (Fsp3) is 0.250. The lowest BCUT2D eigenvalue weighted by Crippen LogP contribution is -2.53. The number of hydrogen-bond donors (Lipinski definition) is 1. The molecule has 246 valence electrons. The lowest BCUT2D eigenvalue weighted by molar-refractivity contribution is -0.127. The number of amides is 4. The Bertz CT molecular complexity index is 2090. The smallest absolute Gasteiger partial charge is 0.246 e. The fourth-order valence-electron chi connectivity index (χ4n) is 9.12. The molecule has 4 aromatic rings. The van der Waals surface area contributed by atoms with Crippen LogP contribution >= 0.6 is 27.5 Å². The number of carbonyl (C=O) groups is 4. The molecule has 0 aromatic heterocycles. The third-order valence-electron chi connectivity index (χ3n) is 11.1. The van der Waals surface area contributed by atoms with Crippen molar-refractivity contribution >= 4 is 62.5 Å². The molecule has 2 heterocycles. The molecule has 0 bridgehead atoms. The van der Waals surface area contributed by atoms with E-state index >= 15 is 4.79 Å². The van der Waals surface area contributed by atoms with E-state index in [1.807, 2.05) is 62.4 Å². The Morgan fingerprint density at radius 2 is 1.47 bits per heavy atom. The molecule has 2 saturated heterocycles. The van der Waals surface area contributed by atoms with Crippen molar-refractivity contribution in [2.45, 2.75) is 38.0 Å². The molecule has 2 aliphatic carbocycles. The van der Waals surface area contributed by atoms with Crippen molar-refractivity contribution < 1.29 is 24.3 Å². The average Bonchev–Trinajstić information content (AvgIpc) is 3.48. The van der Waals surface area contributed by atoms with Gasteiger partial charge in [0, 0.05) is 15.4 Å². The van der Waals surface area contributed by atoms with Gasteiger partial charge in [-0.15, -0.1) is 0 Å². The van der Waals surface area contributed by atoms with Crippen molar-refractivity contribution in [1.82, 2.24) is 0 Å². The van der Waals surface area contributed by atoms with Gasteiger partial charge in [0.15, 0.2) is 0 Å². The third kappa shape index (κ3) is 4.53. The van der Waals surface area contributed by atoms with E-state index in [0.29, 0.717) is 39.5 Å². The summed E-state index contributed by atoms with van der Waals surface area (Å²) in [6.07, 6.45) is 2.59. The first-order valence-electron chi connectivity index (χ1n) is 16.4. The highest BCUT2D eigenvalue weighted by Crippen LogP contribution is 2.64. The van der Waals surface area contributed by atoms with Gasteiger partial charge in [0.1, 0.15) is 5.75 Å². The van der Waals surface area contributed by atoms with Gasteiger partial charge < -0.3 is 5.11 Å². The summed E-state index contributed by atoms with van der Waals surface area (Å²) in [5.41, 5.74) is 3.14. The van der Waals surface area contributed by atoms with Gasteiger partial charge >= 0.3 is 0 Å². The van der Waals surface area contributed by atoms with Crippen LogP contribution in [0.1, 0.15) is 41.0 Å². The number of fused-ring (bicyclic) bond motifs is 4. The van der Waals surface area contributed by atoms with Crippen LogP contribution in [-0.2, 0) is 24.6 Å². The molecule has 0 spiro atoms. The van der Waals surface area contributed by atoms with Crippen molar-refractivity contribution in [3.63, 3.8) is 0 Å². The quantitative estimate of drug-likeness (QED) is 0.171. The van der Waals surface area contributed by atoms with Crippen LogP contribution in [0.2, 0.25) is 5.02 Å². The second-order valence-electron chi connectivity index (χ2n) is 13.6. The largest absolute Gasteiger partial charge is 0.507 e. The van der Waals surface area contributed by atoms with Gasteiger partial charge in [0.05, 0.1) is 34.5 Å². The number of allylic oxidation sites excluding steroid dienone is 2. The first-order chi connectivity index (χ1) is 23.5. The van der Waals surface area contributed by atoms with Gasteiger partial charge in [-0.2, -0.15) is 0 Å². The summed E-state index contributed by atoms with van der Waals surface area (Å²) >= 11 is 9.84. The monoisotopic (exact) mass is 734 g/mol.